The van der Waals surface area contributed by atoms with Crippen molar-refractivity contribution in [3.05, 3.63) is 82.3 Å². The van der Waals surface area contributed by atoms with Gasteiger partial charge >= 0.3 is 0 Å². The highest BCUT2D eigenvalue weighted by Gasteiger charge is 2.35. The van der Waals surface area contributed by atoms with Crippen molar-refractivity contribution in [2.24, 2.45) is 0 Å². The first-order valence-electron chi connectivity index (χ1n) is 10.9. The molecule has 2 aromatic carbocycles. The molecule has 0 radical (unpaired) electrons. The zero-order chi connectivity index (χ0) is 22.8. The van der Waals surface area contributed by atoms with Gasteiger partial charge in [0.25, 0.3) is 5.91 Å². The fourth-order valence-corrected chi connectivity index (χ4v) is 4.56. The maximum atomic E-state index is 13.2. The van der Waals surface area contributed by atoms with Crippen LogP contribution < -0.4 is 14.8 Å². The molecular formula is C25H23ClN2O5. The van der Waals surface area contributed by atoms with Gasteiger partial charge in [-0.15, -0.1) is 0 Å². The van der Waals surface area contributed by atoms with Crippen LogP contribution in [0.25, 0.3) is 0 Å². The van der Waals surface area contributed by atoms with Crippen molar-refractivity contribution in [3.8, 4) is 11.5 Å². The molecule has 2 aliphatic rings. The largest absolute Gasteiger partial charge is 0.486 e. The molecule has 3 heterocycles. The summed E-state index contributed by atoms with van der Waals surface area (Å²) >= 11 is 6.32. The summed E-state index contributed by atoms with van der Waals surface area (Å²) in [5.41, 5.74) is 3.04. The van der Waals surface area contributed by atoms with Crippen molar-refractivity contribution in [1.82, 2.24) is 10.2 Å². The molecule has 7 nitrogen and oxygen atoms in total. The molecule has 0 saturated carbocycles. The van der Waals surface area contributed by atoms with E-state index in [1.54, 1.807) is 17.0 Å². The van der Waals surface area contributed by atoms with Gasteiger partial charge < -0.3 is 24.1 Å². The lowest BCUT2D eigenvalue weighted by atomic mass is 9.93. The number of nitrogens with zero attached hydrogens (tertiary/aromatic N) is 1. The van der Waals surface area contributed by atoms with E-state index in [-0.39, 0.29) is 17.6 Å². The summed E-state index contributed by atoms with van der Waals surface area (Å²) in [5, 5.41) is 3.48. The van der Waals surface area contributed by atoms with Crippen LogP contribution in [0.5, 0.6) is 11.5 Å². The van der Waals surface area contributed by atoms with Crippen LogP contribution in [-0.2, 0) is 24.2 Å². The van der Waals surface area contributed by atoms with Gasteiger partial charge in [-0.25, -0.2) is 0 Å². The second-order valence-corrected chi connectivity index (χ2v) is 8.45. The monoisotopic (exact) mass is 466 g/mol. The molecule has 8 heteroatoms. The van der Waals surface area contributed by atoms with Crippen LogP contribution in [0, 0.1) is 0 Å². The van der Waals surface area contributed by atoms with E-state index < -0.39 is 6.04 Å². The average Bonchev–Trinajstić information content (AvgIpc) is 3.38. The topological polar surface area (TPSA) is 81.0 Å². The molecule has 0 saturated heterocycles. The second-order valence-electron chi connectivity index (χ2n) is 8.04. The number of amides is 2. The van der Waals surface area contributed by atoms with Crippen LogP contribution in [0.1, 0.15) is 27.2 Å². The number of ether oxygens (including phenoxy) is 2. The fourth-order valence-electron chi connectivity index (χ4n) is 4.27. The van der Waals surface area contributed by atoms with E-state index in [0.29, 0.717) is 55.7 Å². The van der Waals surface area contributed by atoms with E-state index in [0.717, 1.165) is 16.7 Å². The maximum Gasteiger partial charge on any atom is 0.290 e. The number of benzene rings is 2. The average molecular weight is 467 g/mol. The minimum Gasteiger partial charge on any atom is -0.486 e. The Labute approximate surface area is 196 Å². The van der Waals surface area contributed by atoms with E-state index in [2.05, 4.69) is 5.32 Å². The van der Waals surface area contributed by atoms with Crippen LogP contribution in [0.4, 0.5) is 0 Å². The first-order valence-corrected chi connectivity index (χ1v) is 11.2. The van der Waals surface area contributed by atoms with E-state index in [9.17, 15) is 9.59 Å². The lowest BCUT2D eigenvalue weighted by molar-refractivity contribution is -0.126. The smallest absolute Gasteiger partial charge is 0.290 e. The third-order valence-corrected chi connectivity index (χ3v) is 6.19. The minimum absolute atomic E-state index is 0.201. The zero-order valence-corrected chi connectivity index (χ0v) is 18.6. The number of carbonyl (C=O) groups is 2. The summed E-state index contributed by atoms with van der Waals surface area (Å²) in [5.74, 6) is 0.900. The van der Waals surface area contributed by atoms with Crippen LogP contribution in [-0.4, -0.2) is 42.5 Å². The van der Waals surface area contributed by atoms with Gasteiger partial charge in [0.1, 0.15) is 19.3 Å². The molecular weight excluding hydrogens is 444 g/mol. The molecule has 2 aliphatic heterocycles. The summed E-state index contributed by atoms with van der Waals surface area (Å²) < 4.78 is 16.5. The lowest BCUT2D eigenvalue weighted by Crippen LogP contribution is -2.52. The Balaban J connectivity index is 1.29. The Morgan fingerprint density at radius 1 is 1.06 bits per heavy atom. The third kappa shape index (κ3) is 4.41. The molecule has 1 aromatic heterocycles. The summed E-state index contributed by atoms with van der Waals surface area (Å²) in [7, 11) is 0. The van der Waals surface area contributed by atoms with Crippen molar-refractivity contribution < 1.29 is 23.5 Å². The Bertz CT molecular complexity index is 1180. The standard InChI is InChI=1S/C25H23ClN2O5/c26-19-12-16(13-22-23(19)33-11-10-32-22)7-8-27-24(29)20-14-17-4-1-2-5-18(17)15-28(20)25(30)21-6-3-9-31-21/h1-6,9,12-13,20H,7-8,10-11,14-15H2,(H,27,29). The molecule has 33 heavy (non-hydrogen) atoms. The van der Waals surface area contributed by atoms with E-state index in [1.165, 1.54) is 6.26 Å². The summed E-state index contributed by atoms with van der Waals surface area (Å²) in [4.78, 5) is 27.8. The molecule has 1 unspecified atom stereocenters. The zero-order valence-electron chi connectivity index (χ0n) is 17.9. The first-order chi connectivity index (χ1) is 16.1. The highest BCUT2D eigenvalue weighted by molar-refractivity contribution is 6.32. The molecule has 1 N–H and O–H groups in total. The molecule has 0 aliphatic carbocycles. The predicted molar refractivity (Wildman–Crippen MR) is 122 cm³/mol. The van der Waals surface area contributed by atoms with Crippen LogP contribution in [0.15, 0.2) is 59.2 Å². The van der Waals surface area contributed by atoms with Crippen LogP contribution >= 0.6 is 11.6 Å². The van der Waals surface area contributed by atoms with Crippen molar-refractivity contribution in [3.63, 3.8) is 0 Å². The Kier molecular flexibility index (Phi) is 5.96. The fraction of sp³-hybridized carbons (Fsp3) is 0.280. The quantitative estimate of drug-likeness (QED) is 0.621. The van der Waals surface area contributed by atoms with Crippen LogP contribution in [0.3, 0.4) is 0 Å². The van der Waals surface area contributed by atoms with Crippen LogP contribution in [0.2, 0.25) is 5.02 Å². The van der Waals surface area contributed by atoms with Crippen molar-refractivity contribution in [1.29, 1.82) is 0 Å². The van der Waals surface area contributed by atoms with Gasteiger partial charge in [0.2, 0.25) is 5.91 Å². The van der Waals surface area contributed by atoms with Gasteiger partial charge in [-0.05, 0) is 47.4 Å². The second kappa shape index (κ2) is 9.19. The highest BCUT2D eigenvalue weighted by atomic mass is 35.5. The van der Waals surface area contributed by atoms with Gasteiger partial charge in [-0.3, -0.25) is 9.59 Å². The Morgan fingerprint density at radius 3 is 2.70 bits per heavy atom. The Hall–Kier alpha value is -3.45. The van der Waals surface area contributed by atoms with Gasteiger partial charge in [-0.1, -0.05) is 35.9 Å². The number of rotatable bonds is 5. The van der Waals surface area contributed by atoms with Gasteiger partial charge in [0.05, 0.1) is 11.3 Å². The number of hydrogen-bond donors (Lipinski definition) is 1. The maximum absolute atomic E-state index is 13.2. The highest BCUT2D eigenvalue weighted by Crippen LogP contribution is 2.38. The van der Waals surface area contributed by atoms with Crippen molar-refractivity contribution >= 4 is 23.4 Å². The summed E-state index contributed by atoms with van der Waals surface area (Å²) in [6.07, 6.45) is 2.47. The number of carbonyl (C=O) groups excluding carboxylic acids is 2. The van der Waals surface area contributed by atoms with E-state index >= 15 is 0 Å². The number of halogens is 1. The predicted octanol–water partition coefficient (Wildman–Crippen LogP) is 3.63. The molecule has 170 valence electrons. The number of fused-ring (bicyclic) bond motifs is 2. The molecule has 3 aromatic rings. The SMILES string of the molecule is O=C(NCCc1cc(Cl)c2c(c1)OCCO2)C1Cc2ccccc2CN1C(=O)c1ccco1. The molecule has 1 atom stereocenters. The molecule has 0 bridgehead atoms. The normalized spacial score (nSPS) is 16.8. The number of nitrogens with one attached hydrogen (secondary N) is 1. The molecule has 0 fully saturated rings. The minimum atomic E-state index is -0.624. The van der Waals surface area contributed by atoms with Crippen molar-refractivity contribution in [2.75, 3.05) is 19.8 Å². The third-order valence-electron chi connectivity index (χ3n) is 5.91. The first kappa shape index (κ1) is 21.4. The number of furan rings is 1. The lowest BCUT2D eigenvalue weighted by Gasteiger charge is -2.35. The van der Waals surface area contributed by atoms with Gasteiger partial charge in [0.15, 0.2) is 17.3 Å². The summed E-state index contributed by atoms with van der Waals surface area (Å²) in [6.45, 7) is 1.70. The Morgan fingerprint density at radius 2 is 1.88 bits per heavy atom. The van der Waals surface area contributed by atoms with Gasteiger partial charge in [-0.2, -0.15) is 0 Å². The van der Waals surface area contributed by atoms with E-state index in [1.807, 2.05) is 36.4 Å². The molecule has 5 rings (SSSR count). The number of hydrogen-bond acceptors (Lipinski definition) is 5. The molecule has 0 spiro atoms. The van der Waals surface area contributed by atoms with E-state index in [4.69, 9.17) is 25.5 Å². The summed E-state index contributed by atoms with van der Waals surface area (Å²) in [6, 6.07) is 14.2. The van der Waals surface area contributed by atoms with Gasteiger partial charge in [0, 0.05) is 19.5 Å². The van der Waals surface area contributed by atoms with Crippen molar-refractivity contribution in [2.45, 2.75) is 25.4 Å². The molecule has 2 amide bonds.